The SMILES string of the molecule is CCC(=O)C(C)(C#C[Si](CC)(CC)CC)C#C[Si](CC)(CC)CC. The van der Waals surface area contributed by atoms with E-state index in [9.17, 15) is 4.79 Å². The van der Waals surface area contributed by atoms with E-state index in [1.807, 2.05) is 13.8 Å². The first-order chi connectivity index (χ1) is 11.3. The molecule has 0 atom stereocenters. The van der Waals surface area contributed by atoms with Gasteiger partial charge in [-0.3, -0.25) is 4.79 Å². The third-order valence-electron chi connectivity index (χ3n) is 6.09. The van der Waals surface area contributed by atoms with Crippen LogP contribution in [0.5, 0.6) is 0 Å². The van der Waals surface area contributed by atoms with Crippen LogP contribution in [0.1, 0.15) is 61.8 Å². The van der Waals surface area contributed by atoms with Crippen LogP contribution < -0.4 is 0 Å². The minimum atomic E-state index is -1.56. The van der Waals surface area contributed by atoms with Crippen molar-refractivity contribution in [2.24, 2.45) is 5.41 Å². The maximum atomic E-state index is 12.6. The quantitative estimate of drug-likeness (QED) is 0.378. The molecular weight excluding hydrogens is 324 g/mol. The summed E-state index contributed by atoms with van der Waals surface area (Å²) in [5.41, 5.74) is 6.45. The summed E-state index contributed by atoms with van der Waals surface area (Å²) in [4.78, 5) is 12.6. The van der Waals surface area contributed by atoms with E-state index in [2.05, 4.69) is 64.5 Å². The van der Waals surface area contributed by atoms with Gasteiger partial charge in [0.2, 0.25) is 0 Å². The topological polar surface area (TPSA) is 17.1 Å². The Labute approximate surface area is 153 Å². The molecule has 0 aliphatic rings. The fraction of sp³-hybridized carbons (Fsp3) is 0.762. The number of rotatable bonds is 8. The van der Waals surface area contributed by atoms with E-state index in [1.165, 1.54) is 0 Å². The van der Waals surface area contributed by atoms with E-state index in [0.29, 0.717) is 6.42 Å². The average molecular weight is 363 g/mol. The summed E-state index contributed by atoms with van der Waals surface area (Å²) in [5.74, 6) is 6.97. The Balaban J connectivity index is 6.02. The standard InChI is InChI=1S/C21H38OSi2/c1-9-20(22)21(8,16-18-23(10-2,11-3)12-4)17-19-24(13-5,14-6)15-7/h9-15H2,1-8H3. The number of hydrogen-bond donors (Lipinski definition) is 0. The zero-order valence-electron chi connectivity index (χ0n) is 17.4. The fourth-order valence-electron chi connectivity index (χ4n) is 3.07. The van der Waals surface area contributed by atoms with Crippen molar-refractivity contribution in [1.29, 1.82) is 0 Å². The molecule has 0 aromatic rings. The highest BCUT2D eigenvalue weighted by atomic mass is 28.3. The van der Waals surface area contributed by atoms with E-state index in [-0.39, 0.29) is 5.78 Å². The molecule has 3 heteroatoms. The lowest BCUT2D eigenvalue weighted by atomic mass is 9.86. The lowest BCUT2D eigenvalue weighted by molar-refractivity contribution is -0.122. The summed E-state index contributed by atoms with van der Waals surface area (Å²) in [6, 6.07) is 6.97. The second-order valence-electron chi connectivity index (χ2n) is 7.08. The Bertz CT molecular complexity index is 465. The smallest absolute Gasteiger partial charge is 0.162 e. The van der Waals surface area contributed by atoms with Crippen molar-refractivity contribution in [2.75, 3.05) is 0 Å². The van der Waals surface area contributed by atoms with Gasteiger partial charge in [-0.25, -0.2) is 0 Å². The molecule has 0 aromatic carbocycles. The predicted molar refractivity (Wildman–Crippen MR) is 113 cm³/mol. The lowest BCUT2D eigenvalue weighted by Crippen LogP contribution is -2.33. The summed E-state index contributed by atoms with van der Waals surface area (Å²) in [7, 11) is -3.11. The maximum Gasteiger partial charge on any atom is 0.162 e. The number of ketones is 1. The summed E-state index contributed by atoms with van der Waals surface area (Å²) in [5, 5.41) is 0. The minimum absolute atomic E-state index is 0.180. The monoisotopic (exact) mass is 362 g/mol. The van der Waals surface area contributed by atoms with Gasteiger partial charge in [0.1, 0.15) is 21.6 Å². The molecule has 0 aliphatic carbocycles. The molecule has 0 aromatic heterocycles. The molecule has 24 heavy (non-hydrogen) atoms. The van der Waals surface area contributed by atoms with Crippen LogP contribution in [-0.2, 0) is 4.79 Å². The van der Waals surface area contributed by atoms with Crippen LogP contribution in [0.2, 0.25) is 36.3 Å². The Morgan fingerprint density at radius 3 is 1.21 bits per heavy atom. The first kappa shape index (κ1) is 23.2. The van der Waals surface area contributed by atoms with Crippen molar-refractivity contribution >= 4 is 21.9 Å². The molecule has 0 amide bonds. The van der Waals surface area contributed by atoms with Crippen molar-refractivity contribution in [3.63, 3.8) is 0 Å². The molecule has 0 fully saturated rings. The molecule has 0 saturated heterocycles. The van der Waals surface area contributed by atoms with E-state index in [4.69, 9.17) is 0 Å². The van der Waals surface area contributed by atoms with Gasteiger partial charge in [-0.1, -0.05) is 60.3 Å². The Kier molecular flexibility index (Phi) is 9.94. The third kappa shape index (κ3) is 5.64. The first-order valence-corrected chi connectivity index (χ1v) is 15.1. The van der Waals surface area contributed by atoms with Gasteiger partial charge in [0.05, 0.1) is 0 Å². The summed E-state index contributed by atoms with van der Waals surface area (Å²) in [6.07, 6.45) is 0.512. The van der Waals surface area contributed by atoms with Crippen molar-refractivity contribution in [3.8, 4) is 22.9 Å². The molecule has 0 heterocycles. The van der Waals surface area contributed by atoms with Gasteiger partial charge >= 0.3 is 0 Å². The van der Waals surface area contributed by atoms with Crippen LogP contribution in [0.25, 0.3) is 0 Å². The fourth-order valence-corrected chi connectivity index (χ4v) is 8.16. The van der Waals surface area contributed by atoms with Crippen molar-refractivity contribution in [3.05, 3.63) is 0 Å². The number of hydrogen-bond acceptors (Lipinski definition) is 1. The second-order valence-corrected chi connectivity index (χ2v) is 16.9. The highest BCUT2D eigenvalue weighted by Crippen LogP contribution is 2.24. The average Bonchev–Trinajstić information content (AvgIpc) is 2.64. The van der Waals surface area contributed by atoms with Crippen LogP contribution in [0, 0.1) is 28.3 Å². The Morgan fingerprint density at radius 1 is 0.708 bits per heavy atom. The zero-order chi connectivity index (χ0) is 18.9. The Morgan fingerprint density at radius 2 is 1.00 bits per heavy atom. The molecule has 0 unspecified atom stereocenters. The number of Topliss-reactive ketones (excluding diaryl/α,β-unsaturated/α-hetero) is 1. The van der Waals surface area contributed by atoms with E-state index in [1.54, 1.807) is 0 Å². The molecule has 0 spiro atoms. The summed E-state index contributed by atoms with van der Waals surface area (Å²) >= 11 is 0. The predicted octanol–water partition coefficient (Wildman–Crippen LogP) is 6.07. The van der Waals surface area contributed by atoms with Gasteiger partial charge in [0.25, 0.3) is 0 Å². The lowest BCUT2D eigenvalue weighted by Gasteiger charge is -2.24. The van der Waals surface area contributed by atoms with Crippen LogP contribution in [0.15, 0.2) is 0 Å². The first-order valence-electron chi connectivity index (χ1n) is 9.88. The molecule has 0 rings (SSSR count). The number of carbonyl (C=O) groups is 1. The van der Waals surface area contributed by atoms with Crippen LogP contribution in [0.4, 0.5) is 0 Å². The molecule has 1 nitrogen and oxygen atoms in total. The third-order valence-corrected chi connectivity index (χ3v) is 15.5. The van der Waals surface area contributed by atoms with Gasteiger partial charge in [0.15, 0.2) is 5.78 Å². The van der Waals surface area contributed by atoms with Gasteiger partial charge in [-0.05, 0) is 43.2 Å². The normalized spacial score (nSPS) is 12.0. The van der Waals surface area contributed by atoms with E-state index in [0.717, 1.165) is 36.3 Å². The van der Waals surface area contributed by atoms with E-state index < -0.39 is 21.6 Å². The molecule has 0 N–H and O–H groups in total. The highest BCUT2D eigenvalue weighted by molar-refractivity contribution is 6.87. The van der Waals surface area contributed by atoms with Crippen molar-refractivity contribution < 1.29 is 4.79 Å². The van der Waals surface area contributed by atoms with Crippen LogP contribution in [0.3, 0.4) is 0 Å². The molecule has 0 aliphatic heterocycles. The van der Waals surface area contributed by atoms with Crippen LogP contribution in [-0.4, -0.2) is 21.9 Å². The molecule has 0 saturated carbocycles. The molecular formula is C21H38OSi2. The second kappa shape index (κ2) is 10.3. The molecule has 136 valence electrons. The van der Waals surface area contributed by atoms with Crippen molar-refractivity contribution in [1.82, 2.24) is 0 Å². The van der Waals surface area contributed by atoms with Gasteiger partial charge in [-0.2, -0.15) is 0 Å². The summed E-state index contributed by atoms with van der Waals surface area (Å²) in [6.45, 7) is 17.4. The van der Waals surface area contributed by atoms with Gasteiger partial charge < -0.3 is 0 Å². The Hall–Kier alpha value is -0.776. The van der Waals surface area contributed by atoms with E-state index >= 15 is 0 Å². The van der Waals surface area contributed by atoms with Crippen molar-refractivity contribution in [2.45, 2.75) is 98.1 Å². The highest BCUT2D eigenvalue weighted by Gasteiger charge is 2.32. The van der Waals surface area contributed by atoms with Crippen LogP contribution >= 0.6 is 0 Å². The maximum absolute atomic E-state index is 12.6. The number of carbonyl (C=O) groups excluding carboxylic acids is 1. The largest absolute Gasteiger partial charge is 0.297 e. The molecule has 0 radical (unpaired) electrons. The minimum Gasteiger partial charge on any atom is -0.297 e. The van der Waals surface area contributed by atoms with Gasteiger partial charge in [0, 0.05) is 6.42 Å². The van der Waals surface area contributed by atoms with Gasteiger partial charge in [-0.15, -0.1) is 11.1 Å². The molecule has 0 bridgehead atoms. The summed E-state index contributed by atoms with van der Waals surface area (Å²) < 4.78 is 0. The zero-order valence-corrected chi connectivity index (χ0v) is 19.4.